The third-order valence-corrected chi connectivity index (χ3v) is 5.30. The molecule has 8 heteroatoms. The minimum Gasteiger partial charge on any atom is -0.379 e. The highest BCUT2D eigenvalue weighted by atomic mass is 32.1. The van der Waals surface area contributed by atoms with Crippen LogP contribution in [0.2, 0.25) is 0 Å². The summed E-state index contributed by atoms with van der Waals surface area (Å²) in [5.41, 5.74) is 5.63. The van der Waals surface area contributed by atoms with E-state index in [4.69, 9.17) is 10.5 Å². The summed E-state index contributed by atoms with van der Waals surface area (Å²) in [6.45, 7) is 11.2. The average Bonchev–Trinajstić information content (AvgIpc) is 3.04. The number of hydrogen-bond acceptors (Lipinski definition) is 7. The Kier molecular flexibility index (Phi) is 5.96. The number of amides is 1. The summed E-state index contributed by atoms with van der Waals surface area (Å²) in [6.07, 6.45) is 0. The quantitative estimate of drug-likeness (QED) is 0.766. The van der Waals surface area contributed by atoms with Crippen LogP contribution in [0.3, 0.4) is 0 Å². The van der Waals surface area contributed by atoms with E-state index < -0.39 is 5.91 Å². The van der Waals surface area contributed by atoms with Crippen molar-refractivity contribution in [3.05, 3.63) is 16.1 Å². The Balaban J connectivity index is 1.37. The fourth-order valence-corrected chi connectivity index (χ4v) is 3.79. The molecule has 2 N–H and O–H groups in total. The van der Waals surface area contributed by atoms with E-state index in [2.05, 4.69) is 19.7 Å². The number of carbonyl (C=O) groups is 1. The van der Waals surface area contributed by atoms with Crippen LogP contribution in [0, 0.1) is 0 Å². The number of primary amides is 1. The Morgan fingerprint density at radius 3 is 2.30 bits per heavy atom. The monoisotopic (exact) mass is 339 g/mol. The fourth-order valence-electron chi connectivity index (χ4n) is 2.97. The molecular weight excluding hydrogens is 314 g/mol. The van der Waals surface area contributed by atoms with Crippen molar-refractivity contribution >= 4 is 17.2 Å². The van der Waals surface area contributed by atoms with Gasteiger partial charge in [0.15, 0.2) is 0 Å². The lowest BCUT2D eigenvalue weighted by Gasteiger charge is -2.36. The minimum atomic E-state index is -0.444. The number of carbonyl (C=O) groups excluding carboxylic acids is 1. The zero-order chi connectivity index (χ0) is 16.1. The first-order valence-electron chi connectivity index (χ1n) is 8.20. The van der Waals surface area contributed by atoms with Gasteiger partial charge in [-0.2, -0.15) is 0 Å². The van der Waals surface area contributed by atoms with Crippen LogP contribution in [0.25, 0.3) is 0 Å². The summed E-state index contributed by atoms with van der Waals surface area (Å²) in [7, 11) is 0. The molecule has 0 spiro atoms. The van der Waals surface area contributed by atoms with Crippen molar-refractivity contribution in [1.82, 2.24) is 19.7 Å². The van der Waals surface area contributed by atoms with E-state index >= 15 is 0 Å². The number of piperazine rings is 1. The highest BCUT2D eigenvalue weighted by Crippen LogP contribution is 2.13. The molecule has 0 atom stereocenters. The summed E-state index contributed by atoms with van der Waals surface area (Å²) in [5, 5.41) is 2.72. The molecule has 2 aliphatic rings. The molecule has 0 radical (unpaired) electrons. The van der Waals surface area contributed by atoms with E-state index in [1.165, 1.54) is 11.3 Å². The summed E-state index contributed by atoms with van der Waals surface area (Å²) >= 11 is 1.52. The highest BCUT2D eigenvalue weighted by molar-refractivity contribution is 7.09. The zero-order valence-corrected chi connectivity index (χ0v) is 14.3. The predicted molar refractivity (Wildman–Crippen MR) is 89.6 cm³/mol. The van der Waals surface area contributed by atoms with Crippen molar-refractivity contribution in [2.24, 2.45) is 5.73 Å². The normalized spacial score (nSPS) is 21.6. The van der Waals surface area contributed by atoms with Crippen molar-refractivity contribution in [3.8, 4) is 0 Å². The van der Waals surface area contributed by atoms with Crippen LogP contribution in [0.1, 0.15) is 15.5 Å². The minimum absolute atomic E-state index is 0.383. The Bertz CT molecular complexity index is 510. The van der Waals surface area contributed by atoms with E-state index in [1.807, 2.05) is 0 Å². The molecule has 0 unspecified atom stereocenters. The van der Waals surface area contributed by atoms with Gasteiger partial charge in [0, 0.05) is 57.7 Å². The lowest BCUT2D eigenvalue weighted by molar-refractivity contribution is 0.0296. The summed E-state index contributed by atoms with van der Waals surface area (Å²) in [4.78, 5) is 22.8. The molecule has 1 amide bonds. The number of nitrogens with zero attached hydrogens (tertiary/aromatic N) is 4. The largest absolute Gasteiger partial charge is 0.379 e. The molecule has 0 aromatic carbocycles. The molecule has 7 nitrogen and oxygen atoms in total. The van der Waals surface area contributed by atoms with Gasteiger partial charge in [0.25, 0.3) is 5.91 Å². The van der Waals surface area contributed by atoms with E-state index in [1.54, 1.807) is 5.38 Å². The number of aromatic nitrogens is 1. The maximum absolute atomic E-state index is 11.1. The lowest BCUT2D eigenvalue weighted by atomic mass is 10.3. The first-order chi connectivity index (χ1) is 11.2. The molecule has 128 valence electrons. The van der Waals surface area contributed by atoms with Crippen molar-refractivity contribution in [2.75, 3.05) is 65.6 Å². The lowest BCUT2D eigenvalue weighted by Crippen LogP contribution is -2.49. The first-order valence-corrected chi connectivity index (χ1v) is 9.08. The Morgan fingerprint density at radius 2 is 1.70 bits per heavy atom. The van der Waals surface area contributed by atoms with Crippen LogP contribution in [0.5, 0.6) is 0 Å². The van der Waals surface area contributed by atoms with Gasteiger partial charge in [-0.1, -0.05) is 0 Å². The second-order valence-corrected chi connectivity index (χ2v) is 7.01. The Labute approximate surface area is 141 Å². The number of ether oxygens (including phenoxy) is 1. The van der Waals surface area contributed by atoms with Crippen LogP contribution in [0.4, 0.5) is 0 Å². The number of morpholine rings is 1. The molecular formula is C15H25N5O2S. The molecule has 1 aromatic heterocycles. The SMILES string of the molecule is NC(=O)c1csc(CN2CCN(CCN3CCOCC3)CC2)n1. The smallest absolute Gasteiger partial charge is 0.268 e. The second kappa shape index (κ2) is 8.16. The molecule has 2 saturated heterocycles. The third kappa shape index (κ3) is 4.95. The van der Waals surface area contributed by atoms with Gasteiger partial charge in [-0.3, -0.25) is 19.5 Å². The van der Waals surface area contributed by atoms with Crippen LogP contribution in [-0.2, 0) is 11.3 Å². The van der Waals surface area contributed by atoms with Crippen LogP contribution < -0.4 is 5.73 Å². The number of rotatable bonds is 6. The molecule has 0 bridgehead atoms. The number of nitrogens with two attached hydrogens (primary N) is 1. The van der Waals surface area contributed by atoms with Crippen LogP contribution in [0.15, 0.2) is 5.38 Å². The van der Waals surface area contributed by atoms with Gasteiger partial charge >= 0.3 is 0 Å². The van der Waals surface area contributed by atoms with Gasteiger partial charge < -0.3 is 10.5 Å². The van der Waals surface area contributed by atoms with Gasteiger partial charge in [0.1, 0.15) is 10.7 Å². The highest BCUT2D eigenvalue weighted by Gasteiger charge is 2.19. The van der Waals surface area contributed by atoms with E-state index in [0.717, 1.165) is 77.1 Å². The van der Waals surface area contributed by atoms with Crippen LogP contribution >= 0.6 is 11.3 Å². The van der Waals surface area contributed by atoms with Crippen molar-refractivity contribution in [1.29, 1.82) is 0 Å². The van der Waals surface area contributed by atoms with Crippen LogP contribution in [-0.4, -0.2) is 91.2 Å². The van der Waals surface area contributed by atoms with Gasteiger partial charge in [0.2, 0.25) is 0 Å². The molecule has 3 rings (SSSR count). The number of hydrogen-bond donors (Lipinski definition) is 1. The van der Waals surface area contributed by atoms with Gasteiger partial charge in [-0.05, 0) is 0 Å². The summed E-state index contributed by atoms with van der Waals surface area (Å²) in [5.74, 6) is -0.444. The zero-order valence-electron chi connectivity index (χ0n) is 13.4. The topological polar surface area (TPSA) is 74.9 Å². The van der Waals surface area contributed by atoms with E-state index in [-0.39, 0.29) is 0 Å². The molecule has 23 heavy (non-hydrogen) atoms. The fraction of sp³-hybridized carbons (Fsp3) is 0.733. The molecule has 2 aliphatic heterocycles. The van der Waals surface area contributed by atoms with Gasteiger partial charge in [0.05, 0.1) is 19.8 Å². The molecule has 2 fully saturated rings. The first kappa shape index (κ1) is 16.8. The average molecular weight is 339 g/mol. The Hall–Kier alpha value is -1.06. The molecule has 1 aromatic rings. The molecule has 3 heterocycles. The van der Waals surface area contributed by atoms with E-state index in [0.29, 0.717) is 5.69 Å². The predicted octanol–water partition coefficient (Wildman–Crippen LogP) is -0.308. The summed E-state index contributed by atoms with van der Waals surface area (Å²) < 4.78 is 5.38. The Morgan fingerprint density at radius 1 is 1.09 bits per heavy atom. The maximum Gasteiger partial charge on any atom is 0.268 e. The van der Waals surface area contributed by atoms with Gasteiger partial charge in [-0.25, -0.2) is 4.98 Å². The molecule has 0 aliphatic carbocycles. The molecule has 0 saturated carbocycles. The van der Waals surface area contributed by atoms with E-state index in [9.17, 15) is 4.79 Å². The third-order valence-electron chi connectivity index (χ3n) is 4.46. The van der Waals surface area contributed by atoms with Gasteiger partial charge in [-0.15, -0.1) is 11.3 Å². The maximum atomic E-state index is 11.1. The second-order valence-electron chi connectivity index (χ2n) is 6.06. The van der Waals surface area contributed by atoms with Crippen molar-refractivity contribution in [3.63, 3.8) is 0 Å². The standard InChI is InChI=1S/C15H25N5O2S/c16-15(21)13-12-23-14(17-13)11-20-5-3-18(4-6-20)1-2-19-7-9-22-10-8-19/h12H,1-11H2,(H2,16,21). The van der Waals surface area contributed by atoms with Crippen molar-refractivity contribution < 1.29 is 9.53 Å². The van der Waals surface area contributed by atoms with Crippen molar-refractivity contribution in [2.45, 2.75) is 6.54 Å². The number of thiazole rings is 1. The summed E-state index contributed by atoms with van der Waals surface area (Å²) in [6, 6.07) is 0.